The predicted octanol–water partition coefficient (Wildman–Crippen LogP) is 2.19. The highest BCUT2D eigenvalue weighted by Crippen LogP contribution is 2.19. The molecule has 0 saturated carbocycles. The summed E-state index contributed by atoms with van der Waals surface area (Å²) >= 11 is 1.67. The van der Waals surface area contributed by atoms with Gasteiger partial charge in [-0.05, 0) is 33.6 Å². The van der Waals surface area contributed by atoms with Crippen molar-refractivity contribution in [1.82, 2.24) is 15.2 Å². The Morgan fingerprint density at radius 1 is 1.57 bits per heavy atom. The summed E-state index contributed by atoms with van der Waals surface area (Å²) < 4.78 is 5.17. The molecule has 0 aliphatic carbocycles. The first-order valence-corrected chi connectivity index (χ1v) is 9.06. The van der Waals surface area contributed by atoms with Crippen LogP contribution >= 0.6 is 11.3 Å². The molecule has 6 nitrogen and oxygen atoms in total. The fraction of sp³-hybridized carbons (Fsp3) is 0.688. The average molecular weight is 338 g/mol. The number of guanidine groups is 1. The van der Waals surface area contributed by atoms with Gasteiger partial charge in [0.1, 0.15) is 0 Å². The van der Waals surface area contributed by atoms with Crippen LogP contribution in [0.3, 0.4) is 0 Å². The van der Waals surface area contributed by atoms with Crippen molar-refractivity contribution in [2.45, 2.75) is 40.2 Å². The van der Waals surface area contributed by atoms with Crippen molar-refractivity contribution >= 4 is 23.3 Å². The van der Waals surface area contributed by atoms with Crippen molar-refractivity contribution in [3.63, 3.8) is 0 Å². The van der Waals surface area contributed by atoms with E-state index in [1.807, 2.05) is 20.0 Å². The number of nitrogens with zero attached hydrogens (tertiary/aromatic N) is 3. The molecular weight excluding hydrogens is 312 g/mol. The van der Waals surface area contributed by atoms with Crippen LogP contribution < -0.4 is 5.32 Å². The number of ether oxygens (including phenoxy) is 1. The van der Waals surface area contributed by atoms with Gasteiger partial charge in [-0.2, -0.15) is 0 Å². The molecule has 2 heterocycles. The molecule has 0 amide bonds. The van der Waals surface area contributed by atoms with Crippen molar-refractivity contribution in [2.75, 3.05) is 26.2 Å². The van der Waals surface area contributed by atoms with Crippen molar-refractivity contribution in [2.24, 2.45) is 10.9 Å². The second-order valence-corrected chi connectivity index (χ2v) is 6.87. The number of nitrogens with one attached hydrogen (secondary N) is 1. The Hall–Kier alpha value is -1.63. The van der Waals surface area contributed by atoms with Crippen LogP contribution in [0.1, 0.15) is 36.6 Å². The third-order valence-corrected chi connectivity index (χ3v) is 4.63. The molecule has 128 valence electrons. The van der Waals surface area contributed by atoms with Crippen LogP contribution in [-0.2, 0) is 16.1 Å². The molecule has 2 rings (SSSR count). The van der Waals surface area contributed by atoms with Gasteiger partial charge >= 0.3 is 5.97 Å². The third-order valence-electron chi connectivity index (χ3n) is 3.73. The molecule has 23 heavy (non-hydrogen) atoms. The average Bonchev–Trinajstić information content (AvgIpc) is 2.97. The van der Waals surface area contributed by atoms with Crippen molar-refractivity contribution in [3.8, 4) is 0 Å². The summed E-state index contributed by atoms with van der Waals surface area (Å²) in [5, 5.41) is 4.38. The lowest BCUT2D eigenvalue weighted by atomic mass is 9.98. The van der Waals surface area contributed by atoms with Crippen LogP contribution in [0.2, 0.25) is 0 Å². The van der Waals surface area contributed by atoms with Gasteiger partial charge in [0, 0.05) is 30.7 Å². The molecule has 1 aliphatic rings. The van der Waals surface area contributed by atoms with E-state index in [1.54, 1.807) is 11.3 Å². The van der Waals surface area contributed by atoms with Crippen molar-refractivity contribution in [3.05, 3.63) is 16.1 Å². The topological polar surface area (TPSA) is 66.8 Å². The van der Waals surface area contributed by atoms with Crippen LogP contribution in [0.5, 0.6) is 0 Å². The SMILES string of the molecule is CCNC(=NCc1cnc(C)s1)N1CCCC(C(=O)OCC)C1. The summed E-state index contributed by atoms with van der Waals surface area (Å²) in [5.41, 5.74) is 0. The highest BCUT2D eigenvalue weighted by molar-refractivity contribution is 7.11. The van der Waals surface area contributed by atoms with Gasteiger partial charge in [0.25, 0.3) is 0 Å². The number of aryl methyl sites for hydroxylation is 1. The van der Waals surface area contributed by atoms with Crippen molar-refractivity contribution in [1.29, 1.82) is 0 Å². The van der Waals surface area contributed by atoms with Crippen LogP contribution in [0.25, 0.3) is 0 Å². The van der Waals surface area contributed by atoms with E-state index in [0.717, 1.165) is 41.8 Å². The number of esters is 1. The predicted molar refractivity (Wildman–Crippen MR) is 92.6 cm³/mol. The summed E-state index contributed by atoms with van der Waals surface area (Å²) in [7, 11) is 0. The Morgan fingerprint density at radius 2 is 2.39 bits per heavy atom. The number of hydrogen-bond acceptors (Lipinski definition) is 5. The molecule has 0 bridgehead atoms. The first-order valence-electron chi connectivity index (χ1n) is 8.25. The lowest BCUT2D eigenvalue weighted by molar-refractivity contribution is -0.149. The van der Waals surface area contributed by atoms with E-state index in [-0.39, 0.29) is 11.9 Å². The van der Waals surface area contributed by atoms with E-state index in [9.17, 15) is 4.79 Å². The molecule has 0 radical (unpaired) electrons. The number of carbonyl (C=O) groups is 1. The van der Waals surface area contributed by atoms with Gasteiger partial charge in [0.05, 0.1) is 24.1 Å². The van der Waals surface area contributed by atoms with Gasteiger partial charge in [-0.1, -0.05) is 0 Å². The normalized spacial score (nSPS) is 18.8. The maximum absolute atomic E-state index is 12.0. The Morgan fingerprint density at radius 3 is 3.04 bits per heavy atom. The maximum Gasteiger partial charge on any atom is 0.310 e. The molecular formula is C16H26N4O2S. The fourth-order valence-electron chi connectivity index (χ4n) is 2.68. The summed E-state index contributed by atoms with van der Waals surface area (Å²) in [4.78, 5) is 24.3. The number of rotatable bonds is 5. The Labute approximate surface area is 142 Å². The first-order chi connectivity index (χ1) is 11.1. The fourth-order valence-corrected chi connectivity index (χ4v) is 3.40. The zero-order valence-corrected chi connectivity index (χ0v) is 15.0. The van der Waals surface area contributed by atoms with E-state index >= 15 is 0 Å². The Bertz CT molecular complexity index is 544. The number of thiazole rings is 1. The molecule has 1 aromatic heterocycles. The molecule has 1 N–H and O–H groups in total. The number of aliphatic imine (C=N–C) groups is 1. The zero-order chi connectivity index (χ0) is 16.7. The minimum Gasteiger partial charge on any atom is -0.466 e. The zero-order valence-electron chi connectivity index (χ0n) is 14.2. The largest absolute Gasteiger partial charge is 0.466 e. The molecule has 0 aromatic carbocycles. The number of aromatic nitrogens is 1. The van der Waals surface area contributed by atoms with Crippen LogP contribution in [0.15, 0.2) is 11.2 Å². The smallest absolute Gasteiger partial charge is 0.310 e. The van der Waals surface area contributed by atoms with E-state index < -0.39 is 0 Å². The molecule has 1 fully saturated rings. The Kier molecular flexibility index (Phi) is 6.83. The Balaban J connectivity index is 2.02. The summed E-state index contributed by atoms with van der Waals surface area (Å²) in [6.07, 6.45) is 3.75. The molecule has 1 aliphatic heterocycles. The molecule has 7 heteroatoms. The van der Waals surface area contributed by atoms with E-state index in [1.165, 1.54) is 0 Å². The highest BCUT2D eigenvalue weighted by atomic mass is 32.1. The second-order valence-electron chi connectivity index (χ2n) is 5.55. The van der Waals surface area contributed by atoms with Gasteiger partial charge in [-0.3, -0.25) is 4.79 Å². The number of carbonyl (C=O) groups excluding carboxylic acids is 1. The van der Waals surface area contributed by atoms with Crippen LogP contribution in [0.4, 0.5) is 0 Å². The lowest BCUT2D eigenvalue weighted by Crippen LogP contribution is -2.48. The molecule has 1 saturated heterocycles. The molecule has 0 spiro atoms. The quantitative estimate of drug-likeness (QED) is 0.506. The van der Waals surface area contributed by atoms with Crippen molar-refractivity contribution < 1.29 is 9.53 Å². The number of hydrogen-bond donors (Lipinski definition) is 1. The minimum absolute atomic E-state index is 0.0572. The van der Waals surface area contributed by atoms with Gasteiger partial charge in [0.15, 0.2) is 5.96 Å². The minimum atomic E-state index is -0.0915. The number of likely N-dealkylation sites (tertiary alicyclic amines) is 1. The third kappa shape index (κ3) is 5.20. The lowest BCUT2D eigenvalue weighted by Gasteiger charge is -2.34. The van der Waals surface area contributed by atoms with E-state index in [4.69, 9.17) is 9.73 Å². The van der Waals surface area contributed by atoms with Gasteiger partial charge < -0.3 is 15.0 Å². The molecule has 1 aromatic rings. The summed E-state index contributed by atoms with van der Waals surface area (Å²) in [6, 6.07) is 0. The second kappa shape index (κ2) is 8.86. The maximum atomic E-state index is 12.0. The van der Waals surface area contributed by atoms with Crippen LogP contribution in [-0.4, -0.2) is 48.1 Å². The molecule has 1 atom stereocenters. The molecule has 1 unspecified atom stereocenters. The first kappa shape index (κ1) is 17.7. The standard InChI is InChI=1S/C16H26N4O2S/c1-4-17-16(19-10-14-9-18-12(3)23-14)20-8-6-7-13(11-20)15(21)22-5-2/h9,13H,4-8,10-11H2,1-3H3,(H,17,19). The van der Waals surface area contributed by atoms with Gasteiger partial charge in [-0.15, -0.1) is 11.3 Å². The van der Waals surface area contributed by atoms with E-state index in [0.29, 0.717) is 19.7 Å². The summed E-state index contributed by atoms with van der Waals surface area (Å²) in [6.45, 7) is 9.36. The summed E-state index contributed by atoms with van der Waals surface area (Å²) in [5.74, 6) is 0.719. The van der Waals surface area contributed by atoms with Gasteiger partial charge in [0.2, 0.25) is 0 Å². The van der Waals surface area contributed by atoms with Gasteiger partial charge in [-0.25, -0.2) is 9.98 Å². The monoisotopic (exact) mass is 338 g/mol. The van der Waals surface area contributed by atoms with Crippen LogP contribution in [0, 0.1) is 12.8 Å². The van der Waals surface area contributed by atoms with E-state index in [2.05, 4.69) is 22.1 Å². The highest BCUT2D eigenvalue weighted by Gasteiger charge is 2.28. The number of piperidine rings is 1.